The number of aliphatic hydroxyl groups excluding tert-OH is 1. The van der Waals surface area contributed by atoms with Gasteiger partial charge in [-0.1, -0.05) is 5.21 Å². The lowest BCUT2D eigenvalue weighted by molar-refractivity contribution is 0.0848. The van der Waals surface area contributed by atoms with Gasteiger partial charge in [0.05, 0.1) is 32.1 Å². The summed E-state index contributed by atoms with van der Waals surface area (Å²) in [5.41, 5.74) is 5.88. The lowest BCUT2D eigenvalue weighted by Crippen LogP contribution is -2.14. The van der Waals surface area contributed by atoms with E-state index in [2.05, 4.69) is 10.3 Å². The Balaban J connectivity index is 2.51. The lowest BCUT2D eigenvalue weighted by Gasteiger charge is -2.03. The Morgan fingerprint density at radius 1 is 1.60 bits per heavy atom. The predicted molar refractivity (Wildman–Crippen MR) is 51.2 cm³/mol. The first-order valence-electron chi connectivity index (χ1n) is 4.55. The fourth-order valence-corrected chi connectivity index (χ4v) is 1.12. The van der Waals surface area contributed by atoms with Crippen LogP contribution in [0.4, 0.5) is 0 Å². The molecule has 0 fully saturated rings. The summed E-state index contributed by atoms with van der Waals surface area (Å²) in [7, 11) is 0. The summed E-state index contributed by atoms with van der Waals surface area (Å²) >= 11 is 0. The Morgan fingerprint density at radius 2 is 2.33 bits per heavy atom. The highest BCUT2D eigenvalue weighted by atomic mass is 16.5. The van der Waals surface area contributed by atoms with Gasteiger partial charge < -0.3 is 15.6 Å². The zero-order chi connectivity index (χ0) is 11.3. The van der Waals surface area contributed by atoms with Crippen LogP contribution in [0.1, 0.15) is 16.2 Å². The molecule has 0 aromatic carbocycles. The number of aromatic nitrogens is 3. The molecule has 0 bridgehead atoms. The summed E-state index contributed by atoms with van der Waals surface area (Å²) in [6, 6.07) is 0. The van der Waals surface area contributed by atoms with Gasteiger partial charge in [0, 0.05) is 0 Å². The molecule has 1 aromatic heterocycles. The Labute approximate surface area is 86.8 Å². The molecule has 0 spiro atoms. The number of amides is 1. The molecule has 1 rings (SSSR count). The van der Waals surface area contributed by atoms with Gasteiger partial charge in [-0.3, -0.25) is 4.79 Å². The molecule has 1 amide bonds. The minimum absolute atomic E-state index is 0.0110. The number of primary amides is 1. The quantitative estimate of drug-likeness (QED) is 0.572. The number of aliphatic hydroxyl groups is 1. The molecule has 0 saturated carbocycles. The van der Waals surface area contributed by atoms with Crippen LogP contribution in [0.25, 0.3) is 0 Å². The first kappa shape index (κ1) is 11.6. The number of nitrogens with two attached hydrogens (primary N) is 1. The second-order valence-electron chi connectivity index (χ2n) is 2.95. The minimum Gasteiger partial charge on any atom is -0.394 e. The van der Waals surface area contributed by atoms with Gasteiger partial charge in [-0.2, -0.15) is 0 Å². The molecule has 1 heterocycles. The van der Waals surface area contributed by atoms with Crippen molar-refractivity contribution in [2.45, 2.75) is 13.5 Å². The normalized spacial score (nSPS) is 10.5. The number of rotatable bonds is 6. The van der Waals surface area contributed by atoms with Gasteiger partial charge in [-0.25, -0.2) is 4.68 Å². The largest absolute Gasteiger partial charge is 0.394 e. The summed E-state index contributed by atoms with van der Waals surface area (Å²) in [5.74, 6) is -0.588. The molecule has 0 saturated heterocycles. The van der Waals surface area contributed by atoms with Crippen molar-refractivity contribution in [3.8, 4) is 0 Å². The molecule has 3 N–H and O–H groups in total. The number of carbonyl (C=O) groups excluding carboxylic acids is 1. The third kappa shape index (κ3) is 3.00. The molecule has 0 radical (unpaired) electrons. The number of nitrogens with zero attached hydrogens (tertiary/aromatic N) is 3. The molecular formula is C8H14N4O3. The molecule has 0 aliphatic carbocycles. The van der Waals surface area contributed by atoms with Gasteiger partial charge in [0.25, 0.3) is 5.91 Å². The summed E-state index contributed by atoms with van der Waals surface area (Å²) in [6.45, 7) is 2.88. The molecule has 0 atom stereocenters. The second kappa shape index (κ2) is 5.42. The average molecular weight is 214 g/mol. The maximum atomic E-state index is 10.9. The zero-order valence-electron chi connectivity index (χ0n) is 8.51. The third-order valence-corrected chi connectivity index (χ3v) is 1.90. The van der Waals surface area contributed by atoms with E-state index in [1.165, 1.54) is 4.68 Å². The highest BCUT2D eigenvalue weighted by Crippen LogP contribution is 2.01. The van der Waals surface area contributed by atoms with Crippen LogP contribution < -0.4 is 5.73 Å². The third-order valence-electron chi connectivity index (χ3n) is 1.90. The van der Waals surface area contributed by atoms with Gasteiger partial charge in [0.15, 0.2) is 5.69 Å². The van der Waals surface area contributed by atoms with Gasteiger partial charge >= 0.3 is 0 Å². The van der Waals surface area contributed by atoms with Crippen molar-refractivity contribution in [2.24, 2.45) is 5.73 Å². The predicted octanol–water partition coefficient (Wildman–Crippen LogP) is -1.31. The van der Waals surface area contributed by atoms with E-state index in [0.29, 0.717) is 18.8 Å². The monoisotopic (exact) mass is 214 g/mol. The fourth-order valence-electron chi connectivity index (χ4n) is 1.12. The average Bonchev–Trinajstić information content (AvgIpc) is 2.55. The van der Waals surface area contributed by atoms with E-state index in [4.69, 9.17) is 15.6 Å². The summed E-state index contributed by atoms with van der Waals surface area (Å²) in [6.07, 6.45) is 0. The topological polar surface area (TPSA) is 103 Å². The van der Waals surface area contributed by atoms with E-state index in [1.807, 2.05) is 0 Å². The SMILES string of the molecule is Cc1c(C(N)=O)nnn1CCOCCO. The maximum Gasteiger partial charge on any atom is 0.271 e. The summed E-state index contributed by atoms with van der Waals surface area (Å²) in [4.78, 5) is 10.9. The maximum absolute atomic E-state index is 10.9. The molecule has 1 aromatic rings. The van der Waals surface area contributed by atoms with E-state index in [0.717, 1.165) is 0 Å². The van der Waals surface area contributed by atoms with Gasteiger partial charge in [-0.15, -0.1) is 5.10 Å². The van der Waals surface area contributed by atoms with Crippen LogP contribution in [-0.4, -0.2) is 45.8 Å². The highest BCUT2D eigenvalue weighted by molar-refractivity contribution is 5.91. The molecule has 7 nitrogen and oxygen atoms in total. The molecule has 0 aliphatic rings. The van der Waals surface area contributed by atoms with Crippen molar-refractivity contribution < 1.29 is 14.6 Å². The van der Waals surface area contributed by atoms with Gasteiger partial charge in [0.1, 0.15) is 0 Å². The Bertz CT molecular complexity index is 337. The lowest BCUT2D eigenvalue weighted by atomic mass is 10.3. The number of hydrogen-bond acceptors (Lipinski definition) is 5. The first-order valence-corrected chi connectivity index (χ1v) is 4.55. The van der Waals surface area contributed by atoms with E-state index in [1.54, 1.807) is 6.92 Å². The van der Waals surface area contributed by atoms with Crippen molar-refractivity contribution in [1.29, 1.82) is 0 Å². The van der Waals surface area contributed by atoms with Crippen LogP contribution >= 0.6 is 0 Å². The van der Waals surface area contributed by atoms with Crippen LogP contribution in [0.2, 0.25) is 0 Å². The molecule has 0 unspecified atom stereocenters. The van der Waals surface area contributed by atoms with E-state index < -0.39 is 5.91 Å². The molecule has 84 valence electrons. The Kier molecular flexibility index (Phi) is 4.19. The number of hydrogen-bond donors (Lipinski definition) is 2. The summed E-state index contributed by atoms with van der Waals surface area (Å²) < 4.78 is 6.60. The van der Waals surface area contributed by atoms with Crippen LogP contribution in [-0.2, 0) is 11.3 Å². The van der Waals surface area contributed by atoms with E-state index in [9.17, 15) is 4.79 Å². The fraction of sp³-hybridized carbons (Fsp3) is 0.625. The minimum atomic E-state index is -0.588. The van der Waals surface area contributed by atoms with Crippen molar-refractivity contribution in [1.82, 2.24) is 15.0 Å². The second-order valence-corrected chi connectivity index (χ2v) is 2.95. The van der Waals surface area contributed by atoms with Crippen molar-refractivity contribution in [3.63, 3.8) is 0 Å². The number of carbonyl (C=O) groups is 1. The van der Waals surface area contributed by atoms with Crippen LogP contribution in [0.15, 0.2) is 0 Å². The Hall–Kier alpha value is -1.47. The molecule has 15 heavy (non-hydrogen) atoms. The number of ether oxygens (including phenoxy) is 1. The van der Waals surface area contributed by atoms with Crippen molar-refractivity contribution >= 4 is 5.91 Å². The smallest absolute Gasteiger partial charge is 0.271 e. The summed E-state index contributed by atoms with van der Waals surface area (Å²) in [5, 5.41) is 15.9. The Morgan fingerprint density at radius 3 is 2.87 bits per heavy atom. The van der Waals surface area contributed by atoms with Gasteiger partial charge in [0.2, 0.25) is 0 Å². The standard InChI is InChI=1S/C8H14N4O3/c1-6-7(8(9)14)10-11-12(6)2-4-15-5-3-13/h13H,2-5H2,1H3,(H2,9,14). The first-order chi connectivity index (χ1) is 7.16. The van der Waals surface area contributed by atoms with Crippen molar-refractivity contribution in [2.75, 3.05) is 19.8 Å². The zero-order valence-corrected chi connectivity index (χ0v) is 8.51. The van der Waals surface area contributed by atoms with Crippen molar-refractivity contribution in [3.05, 3.63) is 11.4 Å². The van der Waals surface area contributed by atoms with E-state index in [-0.39, 0.29) is 18.9 Å². The highest BCUT2D eigenvalue weighted by Gasteiger charge is 2.12. The molecule has 0 aliphatic heterocycles. The molecular weight excluding hydrogens is 200 g/mol. The van der Waals surface area contributed by atoms with Crippen LogP contribution in [0.5, 0.6) is 0 Å². The molecule has 7 heteroatoms. The van der Waals surface area contributed by atoms with Crippen LogP contribution in [0, 0.1) is 6.92 Å². The van der Waals surface area contributed by atoms with E-state index >= 15 is 0 Å². The van der Waals surface area contributed by atoms with Crippen LogP contribution in [0.3, 0.4) is 0 Å². The van der Waals surface area contributed by atoms with Gasteiger partial charge in [-0.05, 0) is 6.92 Å².